The van der Waals surface area contributed by atoms with Gasteiger partial charge >= 0.3 is 0 Å². The normalized spacial score (nSPS) is 20.7. The zero-order valence-corrected chi connectivity index (χ0v) is 21.0. The van der Waals surface area contributed by atoms with Crippen molar-refractivity contribution in [3.8, 4) is 11.1 Å². The lowest BCUT2D eigenvalue weighted by molar-refractivity contribution is -0.133. The first-order valence-electron chi connectivity index (χ1n) is 12.1. The maximum absolute atomic E-state index is 13.6. The van der Waals surface area contributed by atoms with Crippen LogP contribution in [0, 0.1) is 5.92 Å². The molecule has 1 unspecified atom stereocenters. The van der Waals surface area contributed by atoms with E-state index in [0.29, 0.717) is 23.8 Å². The Morgan fingerprint density at radius 1 is 1.06 bits per heavy atom. The molecule has 2 aromatic rings. The van der Waals surface area contributed by atoms with Crippen LogP contribution in [0.15, 0.2) is 60.4 Å². The predicted octanol–water partition coefficient (Wildman–Crippen LogP) is 3.21. The lowest BCUT2D eigenvalue weighted by Gasteiger charge is -2.34. The van der Waals surface area contributed by atoms with E-state index in [4.69, 9.17) is 5.73 Å². The van der Waals surface area contributed by atoms with Crippen molar-refractivity contribution < 1.29 is 14.4 Å². The molecule has 2 aliphatic heterocycles. The quantitative estimate of drug-likeness (QED) is 0.721. The topological polar surface area (TPSA) is 87.0 Å². The SMILES string of the molecule is CC(=O)N1CCC(CN2C(=O)C(C)(c3cccc(-c4cccc(C(=O)N(C)C)c4)c3)C=C2N)CC1. The summed E-state index contributed by atoms with van der Waals surface area (Å²) in [6.45, 7) is 5.52. The summed E-state index contributed by atoms with van der Waals surface area (Å²) >= 11 is 0. The van der Waals surface area contributed by atoms with Crippen LogP contribution in [-0.2, 0) is 15.0 Å². The Hall–Kier alpha value is -3.61. The fraction of sp³-hybridized carbons (Fsp3) is 0.393. The van der Waals surface area contributed by atoms with E-state index in [2.05, 4.69) is 0 Å². The van der Waals surface area contributed by atoms with Gasteiger partial charge in [0.25, 0.3) is 5.91 Å². The van der Waals surface area contributed by atoms with Gasteiger partial charge < -0.3 is 15.5 Å². The van der Waals surface area contributed by atoms with Crippen LogP contribution in [0.4, 0.5) is 0 Å². The second kappa shape index (κ2) is 9.56. The summed E-state index contributed by atoms with van der Waals surface area (Å²) in [4.78, 5) is 42.8. The summed E-state index contributed by atoms with van der Waals surface area (Å²) in [5.41, 5.74) is 8.83. The maximum atomic E-state index is 13.6. The number of carbonyl (C=O) groups is 3. The zero-order valence-electron chi connectivity index (χ0n) is 21.0. The standard InChI is InChI=1S/C28H34N4O3/c1-19(33)31-13-11-20(12-14-31)18-32-25(29)17-28(2,27(32)35)24-10-6-8-22(16-24)21-7-5-9-23(15-21)26(34)30(3)4/h5-10,15-17,20H,11-14,18,29H2,1-4H3. The molecule has 7 heteroatoms. The fourth-order valence-corrected chi connectivity index (χ4v) is 5.03. The van der Waals surface area contributed by atoms with Gasteiger partial charge in [-0.25, -0.2) is 0 Å². The molecule has 7 nitrogen and oxygen atoms in total. The smallest absolute Gasteiger partial charge is 0.253 e. The number of hydrogen-bond acceptors (Lipinski definition) is 4. The number of likely N-dealkylation sites (tertiary alicyclic amines) is 1. The number of nitrogens with zero attached hydrogens (tertiary/aromatic N) is 3. The van der Waals surface area contributed by atoms with Gasteiger partial charge in [0.05, 0.1) is 5.41 Å². The fourth-order valence-electron chi connectivity index (χ4n) is 5.03. The minimum absolute atomic E-state index is 0.0299. The number of rotatable bonds is 5. The molecule has 0 spiro atoms. The summed E-state index contributed by atoms with van der Waals surface area (Å²) in [7, 11) is 3.47. The number of benzene rings is 2. The van der Waals surface area contributed by atoms with Crippen molar-refractivity contribution in [2.75, 3.05) is 33.7 Å². The molecule has 2 aliphatic rings. The molecule has 0 aliphatic carbocycles. The third-order valence-electron chi connectivity index (χ3n) is 7.25. The third-order valence-corrected chi connectivity index (χ3v) is 7.25. The Balaban J connectivity index is 1.54. The monoisotopic (exact) mass is 474 g/mol. The minimum Gasteiger partial charge on any atom is -0.385 e. The number of nitrogens with two attached hydrogens (primary N) is 1. The van der Waals surface area contributed by atoms with Crippen molar-refractivity contribution in [2.45, 2.75) is 32.1 Å². The van der Waals surface area contributed by atoms with Gasteiger partial charge in [0.15, 0.2) is 0 Å². The van der Waals surface area contributed by atoms with Crippen LogP contribution in [0.1, 0.15) is 42.6 Å². The Bertz CT molecular complexity index is 1180. The van der Waals surface area contributed by atoms with Crippen LogP contribution in [0.3, 0.4) is 0 Å². The van der Waals surface area contributed by atoms with E-state index in [-0.39, 0.29) is 17.7 Å². The van der Waals surface area contributed by atoms with E-state index in [9.17, 15) is 14.4 Å². The summed E-state index contributed by atoms with van der Waals surface area (Å²) in [5.74, 6) is 0.811. The Morgan fingerprint density at radius 2 is 1.69 bits per heavy atom. The summed E-state index contributed by atoms with van der Waals surface area (Å²) in [6, 6.07) is 15.4. The molecule has 184 valence electrons. The molecule has 2 N–H and O–H groups in total. The van der Waals surface area contributed by atoms with Crippen molar-refractivity contribution >= 4 is 17.7 Å². The molecule has 1 saturated heterocycles. The second-order valence-electron chi connectivity index (χ2n) is 10.00. The predicted molar refractivity (Wildman–Crippen MR) is 136 cm³/mol. The maximum Gasteiger partial charge on any atom is 0.253 e. The van der Waals surface area contributed by atoms with E-state index < -0.39 is 5.41 Å². The van der Waals surface area contributed by atoms with Crippen molar-refractivity contribution in [1.29, 1.82) is 0 Å². The van der Waals surface area contributed by atoms with Crippen LogP contribution >= 0.6 is 0 Å². The molecule has 0 radical (unpaired) electrons. The Morgan fingerprint density at radius 3 is 2.31 bits per heavy atom. The average molecular weight is 475 g/mol. The second-order valence-corrected chi connectivity index (χ2v) is 10.00. The van der Waals surface area contributed by atoms with E-state index in [0.717, 1.165) is 42.6 Å². The van der Waals surface area contributed by atoms with Crippen molar-refractivity contribution in [3.05, 3.63) is 71.6 Å². The molecule has 3 amide bonds. The Labute approximate surface area is 207 Å². The molecule has 0 bridgehead atoms. The van der Waals surface area contributed by atoms with E-state index in [1.54, 1.807) is 36.9 Å². The molecular formula is C28H34N4O3. The highest BCUT2D eigenvalue weighted by Gasteiger charge is 2.44. The molecule has 0 aromatic heterocycles. The van der Waals surface area contributed by atoms with Crippen LogP contribution < -0.4 is 5.73 Å². The van der Waals surface area contributed by atoms with Crippen LogP contribution in [0.25, 0.3) is 11.1 Å². The third kappa shape index (κ3) is 4.81. The lowest BCUT2D eigenvalue weighted by atomic mass is 9.81. The van der Waals surface area contributed by atoms with Gasteiger partial charge in [-0.05, 0) is 66.6 Å². The molecular weight excluding hydrogens is 440 g/mol. The molecule has 4 rings (SSSR count). The summed E-state index contributed by atoms with van der Waals surface area (Å²) in [5, 5.41) is 0. The summed E-state index contributed by atoms with van der Waals surface area (Å²) in [6.07, 6.45) is 3.58. The first-order valence-corrected chi connectivity index (χ1v) is 12.1. The van der Waals surface area contributed by atoms with Crippen molar-refractivity contribution in [1.82, 2.24) is 14.7 Å². The highest BCUT2D eigenvalue weighted by Crippen LogP contribution is 2.37. The molecule has 0 saturated carbocycles. The first-order chi connectivity index (χ1) is 16.6. The summed E-state index contributed by atoms with van der Waals surface area (Å²) < 4.78 is 0. The van der Waals surface area contributed by atoms with E-state index in [1.165, 1.54) is 0 Å². The van der Waals surface area contributed by atoms with Crippen molar-refractivity contribution in [2.24, 2.45) is 11.7 Å². The van der Waals surface area contributed by atoms with Crippen LogP contribution in [0.5, 0.6) is 0 Å². The van der Waals surface area contributed by atoms with Gasteiger partial charge in [-0.3, -0.25) is 19.3 Å². The average Bonchev–Trinajstić information content (AvgIpc) is 3.07. The highest BCUT2D eigenvalue weighted by atomic mass is 16.2. The minimum atomic E-state index is -0.864. The van der Waals surface area contributed by atoms with Gasteiger partial charge in [-0.15, -0.1) is 0 Å². The van der Waals surface area contributed by atoms with E-state index >= 15 is 0 Å². The molecule has 1 atom stereocenters. The largest absolute Gasteiger partial charge is 0.385 e. The molecule has 2 aromatic carbocycles. The molecule has 2 heterocycles. The van der Waals surface area contributed by atoms with Gasteiger partial charge in [-0.2, -0.15) is 0 Å². The van der Waals surface area contributed by atoms with Crippen molar-refractivity contribution in [3.63, 3.8) is 0 Å². The number of piperidine rings is 1. The lowest BCUT2D eigenvalue weighted by Crippen LogP contribution is -2.44. The zero-order chi connectivity index (χ0) is 25.3. The Kier molecular flexibility index (Phi) is 6.70. The first kappa shape index (κ1) is 24.5. The molecule has 35 heavy (non-hydrogen) atoms. The van der Waals surface area contributed by atoms with E-state index in [1.807, 2.05) is 60.4 Å². The molecule has 1 fully saturated rings. The highest BCUT2D eigenvalue weighted by molar-refractivity contribution is 5.96. The van der Waals surface area contributed by atoms with Crippen LogP contribution in [0.2, 0.25) is 0 Å². The number of amides is 3. The number of hydrogen-bond donors (Lipinski definition) is 1. The van der Waals surface area contributed by atoms with Gasteiger partial charge in [0, 0.05) is 46.2 Å². The number of carbonyl (C=O) groups excluding carboxylic acids is 3. The van der Waals surface area contributed by atoms with Gasteiger partial charge in [-0.1, -0.05) is 30.3 Å². The van der Waals surface area contributed by atoms with Crippen LogP contribution in [-0.4, -0.2) is 66.2 Å². The van der Waals surface area contributed by atoms with Gasteiger partial charge in [0.2, 0.25) is 11.8 Å². The van der Waals surface area contributed by atoms with Gasteiger partial charge in [0.1, 0.15) is 5.82 Å².